The molecule has 31 heavy (non-hydrogen) atoms. The maximum Gasteiger partial charge on any atom is 0.251 e. The molecule has 0 saturated carbocycles. The topological polar surface area (TPSA) is 53.1 Å². The summed E-state index contributed by atoms with van der Waals surface area (Å²) in [6.07, 6.45) is 5.40. The minimum atomic E-state index is -0.372. The molecule has 2 aromatic carbocycles. The summed E-state index contributed by atoms with van der Waals surface area (Å²) in [7, 11) is 0. The summed E-state index contributed by atoms with van der Waals surface area (Å²) in [6.45, 7) is 5.90. The van der Waals surface area contributed by atoms with Crippen LogP contribution in [0.2, 0.25) is 0 Å². The molecule has 2 aromatic rings. The molecule has 2 heterocycles. The Kier molecular flexibility index (Phi) is 6.67. The molecule has 0 spiro atoms. The average molecular weight is 420 g/mol. The second-order valence-electron chi connectivity index (χ2n) is 7.93. The molecular formula is C25H29N3O3. The quantitative estimate of drug-likeness (QED) is 0.644. The molecule has 0 aliphatic carbocycles. The Labute approximate surface area is 183 Å². The van der Waals surface area contributed by atoms with Gasteiger partial charge in [0, 0.05) is 26.2 Å². The summed E-state index contributed by atoms with van der Waals surface area (Å²) in [5.41, 5.74) is 1.79. The largest absolute Gasteiger partial charge is 0.494 e. The third-order valence-electron chi connectivity index (χ3n) is 5.76. The molecule has 2 fully saturated rings. The van der Waals surface area contributed by atoms with Gasteiger partial charge in [-0.05, 0) is 48.5 Å². The van der Waals surface area contributed by atoms with E-state index in [1.807, 2.05) is 30.3 Å². The molecule has 1 atom stereocenters. The van der Waals surface area contributed by atoms with Gasteiger partial charge in [-0.1, -0.05) is 37.3 Å². The third-order valence-corrected chi connectivity index (χ3v) is 5.76. The van der Waals surface area contributed by atoms with Crippen molar-refractivity contribution in [3.63, 3.8) is 0 Å². The molecule has 2 saturated heterocycles. The van der Waals surface area contributed by atoms with Crippen molar-refractivity contribution in [1.82, 2.24) is 9.80 Å². The number of benzene rings is 2. The van der Waals surface area contributed by atoms with Crippen LogP contribution in [0.5, 0.6) is 5.75 Å². The number of imide groups is 1. The predicted molar refractivity (Wildman–Crippen MR) is 122 cm³/mol. The van der Waals surface area contributed by atoms with Crippen LogP contribution in [0.3, 0.4) is 0 Å². The summed E-state index contributed by atoms with van der Waals surface area (Å²) in [5.74, 6) is 0.491. The van der Waals surface area contributed by atoms with E-state index in [4.69, 9.17) is 4.74 Å². The lowest BCUT2D eigenvalue weighted by molar-refractivity contribution is -0.123. The van der Waals surface area contributed by atoms with Gasteiger partial charge in [-0.2, -0.15) is 0 Å². The average Bonchev–Trinajstić information content (AvgIpc) is 3.11. The molecule has 0 N–H and O–H groups in total. The highest BCUT2D eigenvalue weighted by Crippen LogP contribution is 2.28. The summed E-state index contributed by atoms with van der Waals surface area (Å²) in [6, 6.07) is 17.0. The molecule has 2 amide bonds. The number of piperazine rings is 1. The van der Waals surface area contributed by atoms with Gasteiger partial charge in [0.25, 0.3) is 5.91 Å². The van der Waals surface area contributed by atoms with E-state index in [1.54, 1.807) is 12.1 Å². The fraction of sp³-hybridized carbons (Fsp3) is 0.360. The first kappa shape index (κ1) is 21.1. The normalized spacial score (nSPS) is 20.1. The number of carbonyl (C=O) groups excluding carboxylic acids is 2. The van der Waals surface area contributed by atoms with Crippen molar-refractivity contribution in [1.29, 1.82) is 0 Å². The van der Waals surface area contributed by atoms with Crippen LogP contribution in [0.25, 0.3) is 6.08 Å². The van der Waals surface area contributed by atoms with E-state index >= 15 is 0 Å². The van der Waals surface area contributed by atoms with Crippen LogP contribution in [0.1, 0.15) is 25.3 Å². The maximum atomic E-state index is 13.1. The molecule has 1 unspecified atom stereocenters. The summed E-state index contributed by atoms with van der Waals surface area (Å²) >= 11 is 0. The van der Waals surface area contributed by atoms with Gasteiger partial charge in [0.1, 0.15) is 5.75 Å². The monoisotopic (exact) mass is 419 g/mol. The summed E-state index contributed by atoms with van der Waals surface area (Å²) in [4.78, 5) is 31.4. The van der Waals surface area contributed by atoms with E-state index in [1.165, 1.54) is 10.5 Å². The van der Waals surface area contributed by atoms with Gasteiger partial charge < -0.3 is 9.64 Å². The second-order valence-corrected chi connectivity index (χ2v) is 7.93. The highest BCUT2D eigenvalue weighted by atomic mass is 16.5. The lowest BCUT2D eigenvalue weighted by Gasteiger charge is -2.36. The highest BCUT2D eigenvalue weighted by molar-refractivity contribution is 6.22. The van der Waals surface area contributed by atoms with Crippen LogP contribution < -0.4 is 9.64 Å². The van der Waals surface area contributed by atoms with Gasteiger partial charge in [0.05, 0.1) is 24.8 Å². The van der Waals surface area contributed by atoms with Crippen LogP contribution in [0.15, 0.2) is 60.8 Å². The number of carbonyl (C=O) groups is 2. The zero-order chi connectivity index (χ0) is 21.6. The number of nitrogens with zero attached hydrogens (tertiary/aromatic N) is 3. The third kappa shape index (κ3) is 4.97. The molecule has 6 nitrogen and oxygen atoms in total. The van der Waals surface area contributed by atoms with Gasteiger partial charge in [-0.15, -0.1) is 0 Å². The first-order valence-electron chi connectivity index (χ1n) is 11.0. The SMILES string of the molecule is CCCOc1ccc(N2C(=O)CC(N3CCN(/C=C/c4ccccc4)CC3)C2=O)cc1. The van der Waals surface area contributed by atoms with Crippen LogP contribution in [0.4, 0.5) is 5.69 Å². The van der Waals surface area contributed by atoms with E-state index in [2.05, 4.69) is 41.1 Å². The van der Waals surface area contributed by atoms with Crippen LogP contribution in [-0.2, 0) is 9.59 Å². The Morgan fingerprint density at radius 3 is 2.35 bits per heavy atom. The maximum absolute atomic E-state index is 13.1. The molecule has 4 rings (SSSR count). The van der Waals surface area contributed by atoms with Crippen LogP contribution in [0, 0.1) is 0 Å². The molecule has 0 radical (unpaired) electrons. The van der Waals surface area contributed by atoms with E-state index in [0.29, 0.717) is 12.3 Å². The minimum absolute atomic E-state index is 0.125. The van der Waals surface area contributed by atoms with Crippen molar-refractivity contribution in [2.24, 2.45) is 0 Å². The number of hydrogen-bond acceptors (Lipinski definition) is 5. The number of anilines is 1. The van der Waals surface area contributed by atoms with Crippen molar-refractivity contribution >= 4 is 23.6 Å². The lowest BCUT2D eigenvalue weighted by Crippen LogP contribution is -2.51. The number of ether oxygens (including phenoxy) is 1. The molecular weight excluding hydrogens is 390 g/mol. The molecule has 6 heteroatoms. The Bertz CT molecular complexity index is 919. The fourth-order valence-electron chi connectivity index (χ4n) is 4.04. The Balaban J connectivity index is 1.34. The van der Waals surface area contributed by atoms with E-state index in [9.17, 15) is 9.59 Å². The van der Waals surface area contributed by atoms with Crippen LogP contribution >= 0.6 is 0 Å². The highest BCUT2D eigenvalue weighted by Gasteiger charge is 2.43. The van der Waals surface area contributed by atoms with Gasteiger partial charge in [-0.3, -0.25) is 14.5 Å². The van der Waals surface area contributed by atoms with Crippen molar-refractivity contribution in [3.05, 3.63) is 66.4 Å². The first-order valence-corrected chi connectivity index (χ1v) is 11.0. The zero-order valence-electron chi connectivity index (χ0n) is 17.9. The standard InChI is InChI=1S/C25H29N3O3/c1-2-18-31-22-10-8-21(9-11-22)28-24(29)19-23(25(28)30)27-16-14-26(15-17-27)13-12-20-6-4-3-5-7-20/h3-13,23H,2,14-19H2,1H3/b13-12+. The van der Waals surface area contributed by atoms with Gasteiger partial charge in [-0.25, -0.2) is 4.90 Å². The van der Waals surface area contributed by atoms with E-state index in [0.717, 1.165) is 38.3 Å². The van der Waals surface area contributed by atoms with E-state index < -0.39 is 0 Å². The Morgan fingerprint density at radius 2 is 1.68 bits per heavy atom. The molecule has 2 aliphatic heterocycles. The summed E-state index contributed by atoms with van der Waals surface area (Å²) < 4.78 is 5.59. The van der Waals surface area contributed by atoms with Crippen molar-refractivity contribution in [2.75, 3.05) is 37.7 Å². The number of amides is 2. The lowest BCUT2D eigenvalue weighted by atomic mass is 10.1. The Morgan fingerprint density at radius 1 is 0.968 bits per heavy atom. The van der Waals surface area contributed by atoms with Crippen molar-refractivity contribution in [2.45, 2.75) is 25.8 Å². The van der Waals surface area contributed by atoms with Gasteiger partial charge in [0.15, 0.2) is 0 Å². The summed E-state index contributed by atoms with van der Waals surface area (Å²) in [5, 5.41) is 0. The number of hydrogen-bond donors (Lipinski definition) is 0. The zero-order valence-corrected chi connectivity index (χ0v) is 17.9. The molecule has 162 valence electrons. The van der Waals surface area contributed by atoms with E-state index in [-0.39, 0.29) is 24.3 Å². The predicted octanol–water partition coefficient (Wildman–Crippen LogP) is 3.40. The van der Waals surface area contributed by atoms with Crippen LogP contribution in [-0.4, -0.2) is 60.4 Å². The minimum Gasteiger partial charge on any atom is -0.494 e. The van der Waals surface area contributed by atoms with Gasteiger partial charge >= 0.3 is 0 Å². The van der Waals surface area contributed by atoms with Crippen molar-refractivity contribution < 1.29 is 14.3 Å². The first-order chi connectivity index (χ1) is 15.2. The smallest absolute Gasteiger partial charge is 0.251 e. The Hall–Kier alpha value is -3.12. The molecule has 0 bridgehead atoms. The molecule has 0 aromatic heterocycles. The number of rotatable bonds is 7. The second kappa shape index (κ2) is 9.79. The van der Waals surface area contributed by atoms with Crippen molar-refractivity contribution in [3.8, 4) is 5.75 Å². The fourth-order valence-corrected chi connectivity index (χ4v) is 4.04. The molecule has 2 aliphatic rings. The van der Waals surface area contributed by atoms with Gasteiger partial charge in [0.2, 0.25) is 5.91 Å².